The van der Waals surface area contributed by atoms with Crippen LogP contribution in [0.4, 0.5) is 11.6 Å². The Kier molecular flexibility index (Phi) is 3.66. The summed E-state index contributed by atoms with van der Waals surface area (Å²) >= 11 is 0. The molecule has 5 heterocycles. The summed E-state index contributed by atoms with van der Waals surface area (Å²) in [6, 6.07) is 3.85. The summed E-state index contributed by atoms with van der Waals surface area (Å²) in [6.07, 6.45) is 8.76. The Morgan fingerprint density at radius 1 is 1.15 bits per heavy atom. The fourth-order valence-electron chi connectivity index (χ4n) is 2.90. The van der Waals surface area contributed by atoms with Gasteiger partial charge in [-0.1, -0.05) is 0 Å². The smallest absolute Gasteiger partial charge is 0.190 e. The second-order valence-corrected chi connectivity index (χ2v) is 6.02. The van der Waals surface area contributed by atoms with Crippen molar-refractivity contribution in [2.24, 2.45) is 0 Å². The maximum absolute atomic E-state index is 9.03. The fourth-order valence-corrected chi connectivity index (χ4v) is 2.90. The van der Waals surface area contributed by atoms with E-state index in [9.17, 15) is 0 Å². The molecule has 4 aromatic rings. The zero-order chi connectivity index (χ0) is 18.2. The van der Waals surface area contributed by atoms with Crippen LogP contribution in [-0.4, -0.2) is 46.1 Å². The third-order valence-electron chi connectivity index (χ3n) is 4.21. The van der Waals surface area contributed by atoms with Gasteiger partial charge < -0.3 is 5.11 Å². The quantitative estimate of drug-likeness (QED) is 0.457. The molecule has 0 aromatic carbocycles. The van der Waals surface area contributed by atoms with Gasteiger partial charge in [0.05, 0.1) is 43.5 Å². The monoisotopic (exact) mass is 364 g/mol. The highest BCUT2D eigenvalue weighted by Gasteiger charge is 2.23. The average Bonchev–Trinajstić information content (AvgIpc) is 3.41. The van der Waals surface area contributed by atoms with E-state index in [-0.39, 0.29) is 6.61 Å². The lowest BCUT2D eigenvalue weighted by Gasteiger charge is -2.16. The first kappa shape index (κ1) is 15.7. The fraction of sp³-hybridized carbons (Fsp3) is 0.188. The minimum atomic E-state index is 0.0346. The standard InChI is InChI=1S/C16H16N10O/c27-6-5-24-9-11(7-19-24)13-8-18-15-16(20-13)26(23-21-15)10-12-1-2-14-17-3-4-25(14)22-12/h1-4,7-9,23,27H,5-6,10H2,(H,18,21). The summed E-state index contributed by atoms with van der Waals surface area (Å²) in [4.78, 5) is 13.3. The van der Waals surface area contributed by atoms with Crippen LogP contribution in [0.5, 0.6) is 0 Å². The van der Waals surface area contributed by atoms with Crippen LogP contribution in [0.25, 0.3) is 16.9 Å². The van der Waals surface area contributed by atoms with Crippen LogP contribution in [0.15, 0.2) is 43.1 Å². The lowest BCUT2D eigenvalue weighted by Crippen LogP contribution is -2.36. The molecule has 0 radical (unpaired) electrons. The highest BCUT2D eigenvalue weighted by molar-refractivity contribution is 5.69. The Morgan fingerprint density at radius 3 is 3.04 bits per heavy atom. The van der Waals surface area contributed by atoms with Crippen LogP contribution in [0.1, 0.15) is 5.69 Å². The van der Waals surface area contributed by atoms with Gasteiger partial charge in [0.1, 0.15) is 0 Å². The lowest BCUT2D eigenvalue weighted by molar-refractivity contribution is 0.269. The molecule has 0 atom stereocenters. The number of rotatable bonds is 5. The van der Waals surface area contributed by atoms with Gasteiger partial charge in [-0.15, -0.1) is 5.53 Å². The van der Waals surface area contributed by atoms with Gasteiger partial charge in [-0.3, -0.25) is 15.1 Å². The van der Waals surface area contributed by atoms with Gasteiger partial charge in [0, 0.05) is 24.2 Å². The molecule has 1 aliphatic rings. The van der Waals surface area contributed by atoms with Crippen molar-refractivity contribution in [3.8, 4) is 11.3 Å². The number of nitrogens with zero attached hydrogens (tertiary/aromatic N) is 8. The van der Waals surface area contributed by atoms with Crippen molar-refractivity contribution >= 4 is 17.3 Å². The first-order valence-electron chi connectivity index (χ1n) is 8.39. The van der Waals surface area contributed by atoms with E-state index in [4.69, 9.17) is 10.1 Å². The summed E-state index contributed by atoms with van der Waals surface area (Å²) in [7, 11) is 0. The van der Waals surface area contributed by atoms with Crippen LogP contribution >= 0.6 is 0 Å². The van der Waals surface area contributed by atoms with Crippen LogP contribution in [0.2, 0.25) is 0 Å². The van der Waals surface area contributed by atoms with Crippen molar-refractivity contribution in [1.82, 2.24) is 39.9 Å². The van der Waals surface area contributed by atoms with Crippen molar-refractivity contribution in [3.05, 3.63) is 48.8 Å². The van der Waals surface area contributed by atoms with E-state index in [1.165, 1.54) is 0 Å². The Balaban J connectivity index is 1.42. The van der Waals surface area contributed by atoms with E-state index >= 15 is 0 Å². The normalized spacial score (nSPS) is 13.1. The minimum absolute atomic E-state index is 0.0346. The molecule has 0 unspecified atom stereocenters. The molecule has 27 heavy (non-hydrogen) atoms. The predicted octanol–water partition coefficient (Wildman–Crippen LogP) is 0.227. The Hall–Kier alpha value is -3.57. The van der Waals surface area contributed by atoms with E-state index in [2.05, 4.69) is 31.1 Å². The molecule has 5 rings (SSSR count). The molecule has 0 aliphatic carbocycles. The summed E-state index contributed by atoms with van der Waals surface area (Å²) in [5, 5.41) is 19.6. The Bertz CT molecular complexity index is 1100. The topological polar surface area (TPSA) is 121 Å². The second kappa shape index (κ2) is 6.30. The molecule has 0 bridgehead atoms. The molecule has 4 aromatic heterocycles. The molecular weight excluding hydrogens is 348 g/mol. The van der Waals surface area contributed by atoms with E-state index in [1.54, 1.807) is 27.8 Å². The van der Waals surface area contributed by atoms with Crippen molar-refractivity contribution in [2.45, 2.75) is 13.1 Å². The molecule has 0 saturated heterocycles. The zero-order valence-electron chi connectivity index (χ0n) is 14.2. The van der Waals surface area contributed by atoms with Gasteiger partial charge in [-0.25, -0.2) is 19.5 Å². The number of hydrogen-bond donors (Lipinski definition) is 3. The number of hydrazine groups is 2. The van der Waals surface area contributed by atoms with E-state index in [1.807, 2.05) is 29.5 Å². The molecular formula is C16H16N10O. The van der Waals surface area contributed by atoms with Crippen LogP contribution in [0.3, 0.4) is 0 Å². The van der Waals surface area contributed by atoms with Gasteiger partial charge in [-0.05, 0) is 12.1 Å². The van der Waals surface area contributed by atoms with E-state index in [0.717, 1.165) is 16.9 Å². The van der Waals surface area contributed by atoms with Crippen LogP contribution < -0.4 is 16.0 Å². The van der Waals surface area contributed by atoms with Crippen LogP contribution in [-0.2, 0) is 13.1 Å². The minimum Gasteiger partial charge on any atom is -0.394 e. The average molecular weight is 364 g/mol. The molecule has 11 heteroatoms. The maximum Gasteiger partial charge on any atom is 0.190 e. The van der Waals surface area contributed by atoms with Crippen LogP contribution in [0, 0.1) is 0 Å². The van der Waals surface area contributed by atoms with Crippen molar-refractivity contribution < 1.29 is 5.11 Å². The highest BCUT2D eigenvalue weighted by atomic mass is 16.3. The largest absolute Gasteiger partial charge is 0.394 e. The van der Waals surface area contributed by atoms with E-state index < -0.39 is 0 Å². The van der Waals surface area contributed by atoms with Gasteiger partial charge in [0.15, 0.2) is 17.3 Å². The number of nitrogens with one attached hydrogen (secondary N) is 2. The number of aliphatic hydroxyl groups is 1. The Labute approximate surface area is 153 Å². The number of imidazole rings is 1. The summed E-state index contributed by atoms with van der Waals surface area (Å²) in [6.45, 7) is 0.971. The van der Waals surface area contributed by atoms with Crippen molar-refractivity contribution in [3.63, 3.8) is 0 Å². The first-order valence-corrected chi connectivity index (χ1v) is 8.39. The molecule has 11 nitrogen and oxygen atoms in total. The predicted molar refractivity (Wildman–Crippen MR) is 96.3 cm³/mol. The molecule has 0 fully saturated rings. The third kappa shape index (κ3) is 2.84. The molecule has 0 amide bonds. The molecule has 3 N–H and O–H groups in total. The van der Waals surface area contributed by atoms with Crippen molar-refractivity contribution in [2.75, 3.05) is 17.0 Å². The van der Waals surface area contributed by atoms with Gasteiger partial charge in [0.25, 0.3) is 0 Å². The van der Waals surface area contributed by atoms with Gasteiger partial charge in [-0.2, -0.15) is 10.2 Å². The highest BCUT2D eigenvalue weighted by Crippen LogP contribution is 2.28. The van der Waals surface area contributed by atoms with Gasteiger partial charge in [0.2, 0.25) is 0 Å². The maximum atomic E-state index is 9.03. The first-order chi connectivity index (χ1) is 13.3. The van der Waals surface area contributed by atoms with Gasteiger partial charge >= 0.3 is 0 Å². The summed E-state index contributed by atoms with van der Waals surface area (Å²) in [5.41, 5.74) is 9.25. The van der Waals surface area contributed by atoms with E-state index in [0.29, 0.717) is 30.4 Å². The summed E-state index contributed by atoms with van der Waals surface area (Å²) in [5.74, 6) is 1.32. The number of hydrogen-bond acceptors (Lipinski definition) is 9. The molecule has 0 spiro atoms. The third-order valence-corrected chi connectivity index (χ3v) is 4.21. The summed E-state index contributed by atoms with van der Waals surface area (Å²) < 4.78 is 3.40. The SMILES string of the molecule is OCCn1cc(-c2cnc3c(n2)N(Cc2ccc4nccn4n2)NN3)cn1. The molecule has 0 saturated carbocycles. The number of anilines is 2. The number of aromatic nitrogens is 7. The second-order valence-electron chi connectivity index (χ2n) is 6.02. The van der Waals surface area contributed by atoms with Crippen molar-refractivity contribution in [1.29, 1.82) is 0 Å². The molecule has 136 valence electrons. The number of fused-ring (bicyclic) bond motifs is 2. The molecule has 1 aliphatic heterocycles. The zero-order valence-corrected chi connectivity index (χ0v) is 14.2. The Morgan fingerprint density at radius 2 is 2.11 bits per heavy atom. The lowest BCUT2D eigenvalue weighted by atomic mass is 10.2. The number of aliphatic hydroxyl groups excluding tert-OH is 1.